The van der Waals surface area contributed by atoms with E-state index in [0.29, 0.717) is 13.0 Å². The third-order valence-corrected chi connectivity index (χ3v) is 3.45. The van der Waals surface area contributed by atoms with Gasteiger partial charge in [-0.3, -0.25) is 4.79 Å². The smallest absolute Gasteiger partial charge is 0.331 e. The molecular weight excluding hydrogens is 268 g/mol. The minimum absolute atomic E-state index is 0. The molecule has 2 atom stereocenters. The van der Waals surface area contributed by atoms with Gasteiger partial charge in [0, 0.05) is 6.54 Å². The average Bonchev–Trinajstić information content (AvgIpc) is 2.39. The van der Waals surface area contributed by atoms with E-state index in [-0.39, 0.29) is 30.2 Å². The number of hydrogen-bond donors (Lipinski definition) is 2. The number of ether oxygens (including phenoxy) is 1. The zero-order valence-electron chi connectivity index (χ0n) is 12.0. The highest BCUT2D eigenvalue weighted by molar-refractivity contribution is 5.88. The molecule has 0 aromatic rings. The SMILES string of the molecule is CCCC(C)(NC(=O)C1CCCNC1)C(=O)OC.Cl. The molecule has 0 aromatic carbocycles. The summed E-state index contributed by atoms with van der Waals surface area (Å²) in [6.07, 6.45) is 3.28. The van der Waals surface area contributed by atoms with Crippen molar-refractivity contribution in [1.82, 2.24) is 10.6 Å². The molecule has 1 amide bonds. The topological polar surface area (TPSA) is 67.4 Å². The Morgan fingerprint density at radius 3 is 2.63 bits per heavy atom. The lowest BCUT2D eigenvalue weighted by atomic mass is 9.93. The third-order valence-electron chi connectivity index (χ3n) is 3.45. The molecule has 0 bridgehead atoms. The number of carbonyl (C=O) groups is 2. The minimum atomic E-state index is -0.905. The third kappa shape index (κ3) is 4.99. The largest absolute Gasteiger partial charge is 0.467 e. The molecule has 0 aliphatic carbocycles. The normalized spacial score (nSPS) is 21.7. The Labute approximate surface area is 121 Å². The highest BCUT2D eigenvalue weighted by Crippen LogP contribution is 2.17. The van der Waals surface area contributed by atoms with Crippen LogP contribution in [0.15, 0.2) is 0 Å². The molecule has 6 heteroatoms. The van der Waals surface area contributed by atoms with Gasteiger partial charge in [-0.15, -0.1) is 12.4 Å². The molecule has 0 saturated carbocycles. The van der Waals surface area contributed by atoms with Gasteiger partial charge in [-0.25, -0.2) is 4.79 Å². The average molecular weight is 293 g/mol. The first-order valence-electron chi connectivity index (χ1n) is 6.64. The van der Waals surface area contributed by atoms with Crippen LogP contribution >= 0.6 is 12.4 Å². The van der Waals surface area contributed by atoms with E-state index in [9.17, 15) is 9.59 Å². The van der Waals surface area contributed by atoms with Gasteiger partial charge in [-0.2, -0.15) is 0 Å². The van der Waals surface area contributed by atoms with E-state index in [1.807, 2.05) is 6.92 Å². The lowest BCUT2D eigenvalue weighted by Crippen LogP contribution is -2.55. The fourth-order valence-corrected chi connectivity index (χ4v) is 2.39. The fraction of sp³-hybridized carbons (Fsp3) is 0.846. The van der Waals surface area contributed by atoms with Crippen molar-refractivity contribution >= 4 is 24.3 Å². The molecule has 1 rings (SSSR count). The van der Waals surface area contributed by atoms with E-state index in [1.165, 1.54) is 7.11 Å². The summed E-state index contributed by atoms with van der Waals surface area (Å²) >= 11 is 0. The molecule has 1 aliphatic heterocycles. The summed E-state index contributed by atoms with van der Waals surface area (Å²) in [5, 5.41) is 6.06. The number of amides is 1. The molecule has 5 nitrogen and oxygen atoms in total. The number of piperidine rings is 1. The van der Waals surface area contributed by atoms with Crippen LogP contribution in [0.25, 0.3) is 0 Å². The van der Waals surface area contributed by atoms with Crippen molar-refractivity contribution in [2.75, 3.05) is 20.2 Å². The lowest BCUT2D eigenvalue weighted by molar-refractivity contribution is -0.151. The van der Waals surface area contributed by atoms with E-state index in [2.05, 4.69) is 10.6 Å². The molecule has 2 unspecified atom stereocenters. The Bertz CT molecular complexity index is 306. The highest BCUT2D eigenvalue weighted by Gasteiger charge is 2.36. The number of rotatable bonds is 5. The van der Waals surface area contributed by atoms with Gasteiger partial charge < -0.3 is 15.4 Å². The van der Waals surface area contributed by atoms with Gasteiger partial charge in [0.25, 0.3) is 0 Å². The molecule has 112 valence electrons. The molecule has 19 heavy (non-hydrogen) atoms. The van der Waals surface area contributed by atoms with Crippen molar-refractivity contribution in [2.24, 2.45) is 5.92 Å². The zero-order valence-corrected chi connectivity index (χ0v) is 12.8. The Balaban J connectivity index is 0.00000324. The molecule has 0 spiro atoms. The maximum atomic E-state index is 12.2. The summed E-state index contributed by atoms with van der Waals surface area (Å²) in [7, 11) is 1.35. The van der Waals surface area contributed by atoms with E-state index < -0.39 is 5.54 Å². The Morgan fingerprint density at radius 2 is 2.16 bits per heavy atom. The molecule has 0 radical (unpaired) electrons. The summed E-state index contributed by atoms with van der Waals surface area (Å²) in [6.45, 7) is 5.37. The fourth-order valence-electron chi connectivity index (χ4n) is 2.39. The van der Waals surface area contributed by atoms with Gasteiger partial charge in [0.15, 0.2) is 0 Å². The van der Waals surface area contributed by atoms with Crippen LogP contribution in [0.2, 0.25) is 0 Å². The Hall–Kier alpha value is -0.810. The Kier molecular flexibility index (Phi) is 8.02. The molecule has 0 aromatic heterocycles. The van der Waals surface area contributed by atoms with E-state index in [1.54, 1.807) is 6.92 Å². The molecule has 1 heterocycles. The highest BCUT2D eigenvalue weighted by atomic mass is 35.5. The van der Waals surface area contributed by atoms with Gasteiger partial charge in [-0.1, -0.05) is 13.3 Å². The van der Waals surface area contributed by atoms with Crippen LogP contribution in [0.3, 0.4) is 0 Å². The van der Waals surface area contributed by atoms with E-state index >= 15 is 0 Å². The number of esters is 1. The van der Waals surface area contributed by atoms with Crippen molar-refractivity contribution in [3.05, 3.63) is 0 Å². The standard InChI is InChI=1S/C13H24N2O3.ClH/c1-4-7-13(2,12(17)18-3)15-11(16)10-6-5-8-14-9-10;/h10,14H,4-9H2,1-3H3,(H,15,16);1H. The van der Waals surface area contributed by atoms with Crippen molar-refractivity contribution in [2.45, 2.75) is 45.1 Å². The van der Waals surface area contributed by atoms with Gasteiger partial charge in [0.1, 0.15) is 5.54 Å². The summed E-state index contributed by atoms with van der Waals surface area (Å²) in [6, 6.07) is 0. The van der Waals surface area contributed by atoms with Crippen molar-refractivity contribution in [3.8, 4) is 0 Å². The van der Waals surface area contributed by atoms with E-state index in [4.69, 9.17) is 4.74 Å². The van der Waals surface area contributed by atoms with Crippen LogP contribution in [0.4, 0.5) is 0 Å². The van der Waals surface area contributed by atoms with Gasteiger partial charge >= 0.3 is 5.97 Å². The number of carbonyl (C=O) groups excluding carboxylic acids is 2. The first-order valence-corrected chi connectivity index (χ1v) is 6.64. The van der Waals surface area contributed by atoms with Crippen LogP contribution < -0.4 is 10.6 Å². The predicted molar refractivity (Wildman–Crippen MR) is 76.3 cm³/mol. The van der Waals surface area contributed by atoms with Gasteiger partial charge in [-0.05, 0) is 32.7 Å². The summed E-state index contributed by atoms with van der Waals surface area (Å²) in [5.74, 6) is -0.468. The van der Waals surface area contributed by atoms with Crippen LogP contribution in [-0.4, -0.2) is 37.6 Å². The number of methoxy groups -OCH3 is 1. The summed E-state index contributed by atoms with van der Waals surface area (Å²) < 4.78 is 4.79. The molecule has 1 saturated heterocycles. The monoisotopic (exact) mass is 292 g/mol. The summed E-state index contributed by atoms with van der Waals surface area (Å²) in [5.41, 5.74) is -0.905. The second-order valence-electron chi connectivity index (χ2n) is 5.11. The quantitative estimate of drug-likeness (QED) is 0.749. The second kappa shape index (κ2) is 8.38. The van der Waals surface area contributed by atoms with Crippen molar-refractivity contribution in [1.29, 1.82) is 0 Å². The van der Waals surface area contributed by atoms with Crippen LogP contribution in [0.1, 0.15) is 39.5 Å². The minimum Gasteiger partial charge on any atom is -0.467 e. The first-order chi connectivity index (χ1) is 8.53. The Morgan fingerprint density at radius 1 is 1.47 bits per heavy atom. The van der Waals surface area contributed by atoms with Gasteiger partial charge in [0.05, 0.1) is 13.0 Å². The maximum Gasteiger partial charge on any atom is 0.331 e. The number of halogens is 1. The molecule has 1 aliphatic rings. The number of nitrogens with one attached hydrogen (secondary N) is 2. The lowest BCUT2D eigenvalue weighted by Gasteiger charge is -2.31. The molecule has 1 fully saturated rings. The van der Waals surface area contributed by atoms with Crippen LogP contribution in [0.5, 0.6) is 0 Å². The zero-order chi connectivity index (χ0) is 13.6. The molecular formula is C13H25ClN2O3. The first kappa shape index (κ1) is 18.2. The van der Waals surface area contributed by atoms with Gasteiger partial charge in [0.2, 0.25) is 5.91 Å². The van der Waals surface area contributed by atoms with Crippen molar-refractivity contribution < 1.29 is 14.3 Å². The van der Waals surface area contributed by atoms with E-state index in [0.717, 1.165) is 25.8 Å². The predicted octanol–water partition coefficient (Wildman–Crippen LogP) is 1.26. The van der Waals surface area contributed by atoms with Crippen LogP contribution in [-0.2, 0) is 14.3 Å². The summed E-state index contributed by atoms with van der Waals surface area (Å²) in [4.78, 5) is 23.9. The van der Waals surface area contributed by atoms with Crippen LogP contribution in [0, 0.1) is 5.92 Å². The van der Waals surface area contributed by atoms with Crippen molar-refractivity contribution in [3.63, 3.8) is 0 Å². The molecule has 2 N–H and O–H groups in total. The second-order valence-corrected chi connectivity index (χ2v) is 5.11. The number of hydrogen-bond acceptors (Lipinski definition) is 4. The maximum absolute atomic E-state index is 12.2.